The summed E-state index contributed by atoms with van der Waals surface area (Å²) in [5.41, 5.74) is 2.42. The third-order valence-electron chi connectivity index (χ3n) is 6.12. The number of hydroxylamine groups is 2. The first-order valence-electron chi connectivity index (χ1n) is 10.8. The Balaban J connectivity index is 1.83. The Morgan fingerprint density at radius 2 is 1.31 bits per heavy atom. The van der Waals surface area contributed by atoms with Crippen molar-refractivity contribution in [1.29, 1.82) is 0 Å². The summed E-state index contributed by atoms with van der Waals surface area (Å²) in [5.74, 6) is -0.793. The van der Waals surface area contributed by atoms with Crippen LogP contribution in [0.3, 0.4) is 0 Å². The maximum Gasteiger partial charge on any atom is 0.313 e. The van der Waals surface area contributed by atoms with E-state index in [0.29, 0.717) is 6.42 Å². The van der Waals surface area contributed by atoms with E-state index in [2.05, 4.69) is 36.4 Å². The van der Waals surface area contributed by atoms with Crippen molar-refractivity contribution >= 4 is 11.8 Å². The molecule has 164 valence electrons. The van der Waals surface area contributed by atoms with Gasteiger partial charge in [0.25, 0.3) is 0 Å². The van der Waals surface area contributed by atoms with Gasteiger partial charge < -0.3 is 9.94 Å². The number of esters is 1. The fourth-order valence-corrected chi connectivity index (χ4v) is 4.88. The minimum absolute atomic E-state index is 0.183. The summed E-state index contributed by atoms with van der Waals surface area (Å²) in [6, 6.07) is 30.0. The van der Waals surface area contributed by atoms with Gasteiger partial charge in [-0.2, -0.15) is 5.06 Å². The predicted octanol–water partition coefficient (Wildman–Crippen LogP) is 4.38. The largest absolute Gasteiger partial charge is 0.461 e. The molecule has 0 saturated carbocycles. The van der Waals surface area contributed by atoms with Crippen LogP contribution in [0.15, 0.2) is 91.0 Å². The van der Waals surface area contributed by atoms with Crippen LogP contribution in [0.2, 0.25) is 0 Å². The van der Waals surface area contributed by atoms with Crippen LogP contribution in [0.1, 0.15) is 36.5 Å². The lowest BCUT2D eigenvalue weighted by Crippen LogP contribution is -2.48. The number of hydrogen-bond donors (Lipinski definition) is 1. The molecule has 5 heteroatoms. The van der Waals surface area contributed by atoms with E-state index in [1.807, 2.05) is 54.6 Å². The van der Waals surface area contributed by atoms with Crippen molar-refractivity contribution in [2.24, 2.45) is 0 Å². The standard InChI is InChI=1S/C27H27NO4/c1-20(29)17-26(30)32-24-18-25(28(31)19-24)27(21-11-5-2-6-12-21,22-13-7-3-8-14-22)23-15-9-4-10-16-23/h2-16,24-25,31H,17-19H2,1H3/t24-,25+/m1/s1. The van der Waals surface area contributed by atoms with Crippen molar-refractivity contribution in [1.82, 2.24) is 5.06 Å². The average molecular weight is 430 g/mol. The van der Waals surface area contributed by atoms with E-state index < -0.39 is 17.5 Å². The van der Waals surface area contributed by atoms with Gasteiger partial charge in [-0.3, -0.25) is 9.59 Å². The van der Waals surface area contributed by atoms with Crippen LogP contribution in [-0.4, -0.2) is 40.7 Å². The zero-order valence-corrected chi connectivity index (χ0v) is 18.1. The Kier molecular flexibility index (Phi) is 6.49. The van der Waals surface area contributed by atoms with Gasteiger partial charge in [-0.1, -0.05) is 91.0 Å². The van der Waals surface area contributed by atoms with Crippen LogP contribution in [0.4, 0.5) is 0 Å². The van der Waals surface area contributed by atoms with Gasteiger partial charge in [0.05, 0.1) is 18.0 Å². The van der Waals surface area contributed by atoms with E-state index in [4.69, 9.17) is 4.74 Å². The van der Waals surface area contributed by atoms with E-state index in [-0.39, 0.29) is 24.8 Å². The van der Waals surface area contributed by atoms with E-state index >= 15 is 0 Å². The summed E-state index contributed by atoms with van der Waals surface area (Å²) in [5, 5.41) is 12.4. The second-order valence-electron chi connectivity index (χ2n) is 8.27. The molecule has 4 rings (SSSR count). The molecule has 1 aliphatic rings. The smallest absolute Gasteiger partial charge is 0.313 e. The highest BCUT2D eigenvalue weighted by molar-refractivity contribution is 5.94. The molecule has 1 heterocycles. The van der Waals surface area contributed by atoms with Gasteiger partial charge in [0.2, 0.25) is 0 Å². The monoisotopic (exact) mass is 429 g/mol. The molecule has 5 nitrogen and oxygen atoms in total. The summed E-state index contributed by atoms with van der Waals surface area (Å²) in [6.07, 6.45) is -0.334. The molecule has 0 aromatic heterocycles. The molecule has 0 spiro atoms. The maximum atomic E-state index is 12.1. The fourth-order valence-electron chi connectivity index (χ4n) is 4.88. The second kappa shape index (κ2) is 9.47. The molecule has 1 fully saturated rings. The number of carbonyl (C=O) groups is 2. The minimum Gasteiger partial charge on any atom is -0.461 e. The molecule has 0 aliphatic carbocycles. The van der Waals surface area contributed by atoms with Gasteiger partial charge >= 0.3 is 5.97 Å². The van der Waals surface area contributed by atoms with Crippen molar-refractivity contribution in [2.75, 3.05) is 6.54 Å². The first-order valence-corrected chi connectivity index (χ1v) is 10.8. The zero-order valence-electron chi connectivity index (χ0n) is 18.1. The van der Waals surface area contributed by atoms with E-state index in [1.165, 1.54) is 12.0 Å². The lowest BCUT2D eigenvalue weighted by Gasteiger charge is -2.43. The first kappa shape index (κ1) is 21.9. The van der Waals surface area contributed by atoms with Gasteiger partial charge in [0.15, 0.2) is 0 Å². The fraction of sp³-hybridized carbons (Fsp3) is 0.259. The molecular formula is C27H27NO4. The van der Waals surface area contributed by atoms with Gasteiger partial charge in [0, 0.05) is 6.42 Å². The van der Waals surface area contributed by atoms with Gasteiger partial charge in [-0.15, -0.1) is 0 Å². The maximum absolute atomic E-state index is 12.1. The zero-order chi connectivity index (χ0) is 22.6. The Morgan fingerprint density at radius 1 is 0.875 bits per heavy atom. The SMILES string of the molecule is CC(=O)CC(=O)O[C@@H]1C[C@@H](C(c2ccccc2)(c2ccccc2)c2ccccc2)N(O)C1. The summed E-state index contributed by atoms with van der Waals surface area (Å²) >= 11 is 0. The van der Waals surface area contributed by atoms with Crippen molar-refractivity contribution < 1.29 is 19.5 Å². The van der Waals surface area contributed by atoms with Crippen molar-refractivity contribution in [3.63, 3.8) is 0 Å². The molecule has 0 amide bonds. The van der Waals surface area contributed by atoms with E-state index in [9.17, 15) is 14.8 Å². The molecule has 2 atom stereocenters. The quantitative estimate of drug-likeness (QED) is 0.343. The summed E-state index contributed by atoms with van der Waals surface area (Å²) in [6.45, 7) is 1.55. The highest BCUT2D eigenvalue weighted by Gasteiger charge is 2.51. The average Bonchev–Trinajstić information content (AvgIpc) is 3.16. The van der Waals surface area contributed by atoms with E-state index in [1.54, 1.807) is 0 Å². The van der Waals surface area contributed by atoms with Gasteiger partial charge in [0.1, 0.15) is 18.3 Å². The van der Waals surface area contributed by atoms with Crippen LogP contribution < -0.4 is 0 Å². The molecule has 0 unspecified atom stereocenters. The lowest BCUT2D eigenvalue weighted by atomic mass is 9.64. The molecular weight excluding hydrogens is 402 g/mol. The molecule has 1 N–H and O–H groups in total. The Bertz CT molecular complexity index is 956. The number of ketones is 1. The van der Waals surface area contributed by atoms with Crippen LogP contribution in [0, 0.1) is 0 Å². The predicted molar refractivity (Wildman–Crippen MR) is 121 cm³/mol. The van der Waals surface area contributed by atoms with Crippen LogP contribution in [0.25, 0.3) is 0 Å². The normalized spacial score (nSPS) is 18.9. The molecule has 3 aromatic rings. The van der Waals surface area contributed by atoms with Crippen molar-refractivity contribution in [3.05, 3.63) is 108 Å². The minimum atomic E-state index is -0.694. The van der Waals surface area contributed by atoms with Crippen LogP contribution in [-0.2, 0) is 19.7 Å². The number of nitrogens with zero attached hydrogens (tertiary/aromatic N) is 1. The summed E-state index contributed by atoms with van der Waals surface area (Å²) < 4.78 is 5.56. The number of ether oxygens (including phenoxy) is 1. The highest BCUT2D eigenvalue weighted by Crippen LogP contribution is 2.47. The number of rotatable bonds is 7. The number of Topliss-reactive ketones (excluding diaryl/α,β-unsaturated/α-hetero) is 1. The Labute approximate surface area is 188 Å². The van der Waals surface area contributed by atoms with Gasteiger partial charge in [-0.05, 0) is 23.6 Å². The van der Waals surface area contributed by atoms with Crippen molar-refractivity contribution in [3.8, 4) is 0 Å². The first-order chi connectivity index (χ1) is 15.5. The topological polar surface area (TPSA) is 66.8 Å². The Morgan fingerprint density at radius 3 is 1.72 bits per heavy atom. The van der Waals surface area contributed by atoms with Gasteiger partial charge in [-0.25, -0.2) is 0 Å². The second-order valence-corrected chi connectivity index (χ2v) is 8.27. The third kappa shape index (κ3) is 4.22. The number of carbonyl (C=O) groups excluding carboxylic acids is 2. The summed E-state index contributed by atoms with van der Waals surface area (Å²) in [7, 11) is 0. The van der Waals surface area contributed by atoms with Crippen LogP contribution >= 0.6 is 0 Å². The molecule has 0 radical (unpaired) electrons. The third-order valence-corrected chi connectivity index (χ3v) is 6.12. The van der Waals surface area contributed by atoms with Crippen molar-refractivity contribution in [2.45, 2.75) is 37.3 Å². The highest BCUT2D eigenvalue weighted by atomic mass is 16.6. The Hall–Kier alpha value is -3.28. The molecule has 1 aliphatic heterocycles. The number of hydrogen-bond acceptors (Lipinski definition) is 5. The molecule has 1 saturated heterocycles. The van der Waals surface area contributed by atoms with E-state index in [0.717, 1.165) is 16.7 Å². The summed E-state index contributed by atoms with van der Waals surface area (Å²) in [4.78, 5) is 23.4. The molecule has 0 bridgehead atoms. The molecule has 3 aromatic carbocycles. The molecule has 32 heavy (non-hydrogen) atoms. The lowest BCUT2D eigenvalue weighted by molar-refractivity contribution is -0.152. The van der Waals surface area contributed by atoms with Crippen LogP contribution in [0.5, 0.6) is 0 Å². The number of benzene rings is 3.